The van der Waals surface area contributed by atoms with Crippen molar-refractivity contribution in [2.75, 3.05) is 29.1 Å². The van der Waals surface area contributed by atoms with Gasteiger partial charge < -0.3 is 26.5 Å². The number of hydrogen-bond donors (Lipinski definition) is 5. The molecule has 2 aromatic carbocycles. The number of aromatic nitrogens is 2. The molecule has 8 heteroatoms. The Kier molecular flexibility index (Phi) is 6.46. The largest absolute Gasteiger partial charge is 0.398 e. The number of nitrogens with zero attached hydrogens (tertiary/aromatic N) is 3. The van der Waals surface area contributed by atoms with E-state index in [4.69, 9.17) is 11.1 Å². The summed E-state index contributed by atoms with van der Waals surface area (Å²) in [6, 6.07) is 14.8. The Balaban J connectivity index is 1.97. The minimum Gasteiger partial charge on any atom is -0.398 e. The second kappa shape index (κ2) is 9.20. The molecular formula is C20H22N6OS. The Hall–Kier alpha value is -3.10. The van der Waals surface area contributed by atoms with E-state index in [-0.39, 0.29) is 6.61 Å². The van der Waals surface area contributed by atoms with E-state index >= 15 is 0 Å². The Morgan fingerprint density at radius 1 is 1.21 bits per heavy atom. The molecule has 1 aromatic heterocycles. The Morgan fingerprint density at radius 2 is 2.04 bits per heavy atom. The third-order valence-electron chi connectivity index (χ3n) is 4.11. The zero-order chi connectivity index (χ0) is 19.9. The van der Waals surface area contributed by atoms with Crippen LogP contribution in [0.3, 0.4) is 0 Å². The maximum Gasteiger partial charge on any atom is 0.229 e. The first-order valence-electron chi connectivity index (χ1n) is 8.79. The first-order valence-corrected chi connectivity index (χ1v) is 9.23. The number of anilines is 5. The van der Waals surface area contributed by atoms with Crippen LogP contribution in [-0.2, 0) is 0 Å². The molecule has 7 nitrogen and oxygen atoms in total. The van der Waals surface area contributed by atoms with E-state index in [2.05, 4.69) is 27.9 Å². The molecule has 3 rings (SSSR count). The molecule has 0 aliphatic heterocycles. The van der Waals surface area contributed by atoms with Crippen molar-refractivity contribution < 1.29 is 5.11 Å². The van der Waals surface area contributed by atoms with E-state index in [1.807, 2.05) is 41.3 Å². The molecule has 3 aromatic rings. The zero-order valence-electron chi connectivity index (χ0n) is 15.2. The van der Waals surface area contributed by atoms with Crippen molar-refractivity contribution in [3.8, 4) is 0 Å². The molecule has 0 aliphatic carbocycles. The standard InChI is InChI=1S/C20H22N6OS/c21-13-16-17(22)6-2-7-18(16)26(10-3-11-27)19-8-9-23-20(25-19)24-14-4-1-5-15(28)12-14/h1-2,4-9,12-13,21,27-28H,3,10-11,22H2,(H,23,24,25). The topological polar surface area (TPSA) is 111 Å². The lowest BCUT2D eigenvalue weighted by Gasteiger charge is -2.26. The Labute approximate surface area is 169 Å². The molecule has 0 saturated heterocycles. The molecule has 0 amide bonds. The van der Waals surface area contributed by atoms with E-state index in [1.165, 1.54) is 6.21 Å². The van der Waals surface area contributed by atoms with Crippen LogP contribution in [0, 0.1) is 5.41 Å². The van der Waals surface area contributed by atoms with E-state index in [1.54, 1.807) is 18.3 Å². The first-order chi connectivity index (χ1) is 13.6. The number of aliphatic hydroxyl groups excluding tert-OH is 1. The SMILES string of the molecule is N=Cc1c(N)cccc1N(CCCO)c1ccnc(Nc2cccc(S)c2)n1. The molecule has 1 heterocycles. The predicted molar refractivity (Wildman–Crippen MR) is 116 cm³/mol. The highest BCUT2D eigenvalue weighted by molar-refractivity contribution is 7.80. The van der Waals surface area contributed by atoms with Gasteiger partial charge in [0.1, 0.15) is 5.82 Å². The lowest BCUT2D eigenvalue weighted by molar-refractivity contribution is 0.290. The molecule has 0 bridgehead atoms. The molecule has 0 atom stereocenters. The molecule has 28 heavy (non-hydrogen) atoms. The van der Waals surface area contributed by atoms with Crippen LogP contribution in [0.1, 0.15) is 12.0 Å². The van der Waals surface area contributed by atoms with Crippen LogP contribution < -0.4 is 16.0 Å². The van der Waals surface area contributed by atoms with Gasteiger partial charge in [0, 0.05) is 47.4 Å². The second-order valence-electron chi connectivity index (χ2n) is 6.07. The van der Waals surface area contributed by atoms with Crippen molar-refractivity contribution in [1.29, 1.82) is 5.41 Å². The number of nitrogen functional groups attached to an aromatic ring is 1. The van der Waals surface area contributed by atoms with Crippen molar-refractivity contribution in [2.45, 2.75) is 11.3 Å². The van der Waals surface area contributed by atoms with Crippen LogP contribution >= 0.6 is 12.6 Å². The number of nitrogens with one attached hydrogen (secondary N) is 2. The fourth-order valence-corrected chi connectivity index (χ4v) is 3.05. The summed E-state index contributed by atoms with van der Waals surface area (Å²) in [5.41, 5.74) is 8.75. The smallest absolute Gasteiger partial charge is 0.229 e. The van der Waals surface area contributed by atoms with Crippen LogP contribution in [-0.4, -0.2) is 34.4 Å². The summed E-state index contributed by atoms with van der Waals surface area (Å²) < 4.78 is 0. The molecule has 0 radical (unpaired) electrons. The Bertz CT molecular complexity index is 965. The predicted octanol–water partition coefficient (Wildman–Crippen LogP) is 3.61. The number of rotatable bonds is 8. The van der Waals surface area contributed by atoms with Crippen molar-refractivity contribution in [3.63, 3.8) is 0 Å². The van der Waals surface area contributed by atoms with Crippen LogP contribution in [0.5, 0.6) is 0 Å². The molecule has 144 valence electrons. The fourth-order valence-electron chi connectivity index (χ4n) is 2.82. The molecule has 0 fully saturated rings. The third kappa shape index (κ3) is 4.59. The number of benzene rings is 2. The fraction of sp³-hybridized carbons (Fsp3) is 0.150. The molecule has 0 unspecified atom stereocenters. The molecule has 0 saturated carbocycles. The summed E-state index contributed by atoms with van der Waals surface area (Å²) in [5, 5.41) is 20.2. The van der Waals surface area contributed by atoms with Crippen LogP contribution in [0.2, 0.25) is 0 Å². The van der Waals surface area contributed by atoms with Gasteiger partial charge >= 0.3 is 0 Å². The van der Waals surface area contributed by atoms with Gasteiger partial charge in [-0.1, -0.05) is 12.1 Å². The average molecular weight is 395 g/mol. The van der Waals surface area contributed by atoms with Crippen LogP contribution in [0.4, 0.5) is 28.8 Å². The highest BCUT2D eigenvalue weighted by Gasteiger charge is 2.16. The van der Waals surface area contributed by atoms with Gasteiger partial charge in [0.2, 0.25) is 5.95 Å². The van der Waals surface area contributed by atoms with Crippen LogP contribution in [0.15, 0.2) is 59.6 Å². The summed E-state index contributed by atoms with van der Waals surface area (Å²) in [4.78, 5) is 11.7. The average Bonchev–Trinajstić information content (AvgIpc) is 2.69. The normalized spacial score (nSPS) is 10.5. The molecule has 5 N–H and O–H groups in total. The number of hydrogen-bond acceptors (Lipinski definition) is 8. The van der Waals surface area contributed by atoms with E-state index < -0.39 is 0 Å². The maximum atomic E-state index is 9.32. The highest BCUT2D eigenvalue weighted by atomic mass is 32.1. The van der Waals surface area contributed by atoms with Gasteiger partial charge in [-0.15, -0.1) is 12.6 Å². The lowest BCUT2D eigenvalue weighted by atomic mass is 10.1. The van der Waals surface area contributed by atoms with E-state index in [0.29, 0.717) is 36.0 Å². The summed E-state index contributed by atoms with van der Waals surface area (Å²) in [5.74, 6) is 1.08. The molecular weight excluding hydrogens is 372 g/mol. The molecule has 0 aliphatic rings. The maximum absolute atomic E-state index is 9.32. The van der Waals surface area contributed by atoms with Gasteiger partial charge in [0.05, 0.1) is 5.69 Å². The van der Waals surface area contributed by atoms with Gasteiger partial charge in [0.15, 0.2) is 0 Å². The van der Waals surface area contributed by atoms with Gasteiger partial charge in [-0.05, 0) is 42.8 Å². The lowest BCUT2D eigenvalue weighted by Crippen LogP contribution is -2.22. The van der Waals surface area contributed by atoms with Crippen molar-refractivity contribution in [1.82, 2.24) is 9.97 Å². The van der Waals surface area contributed by atoms with Crippen molar-refractivity contribution in [3.05, 3.63) is 60.3 Å². The zero-order valence-corrected chi connectivity index (χ0v) is 16.1. The summed E-state index contributed by atoms with van der Waals surface area (Å²) in [6.45, 7) is 0.563. The summed E-state index contributed by atoms with van der Waals surface area (Å²) in [6.07, 6.45) is 3.44. The summed E-state index contributed by atoms with van der Waals surface area (Å²) in [7, 11) is 0. The van der Waals surface area contributed by atoms with Gasteiger partial charge in [-0.3, -0.25) is 0 Å². The number of nitrogens with two attached hydrogens (primary N) is 1. The van der Waals surface area contributed by atoms with Gasteiger partial charge in [-0.25, -0.2) is 4.98 Å². The highest BCUT2D eigenvalue weighted by Crippen LogP contribution is 2.30. The van der Waals surface area contributed by atoms with Crippen molar-refractivity contribution in [2.24, 2.45) is 0 Å². The second-order valence-corrected chi connectivity index (χ2v) is 6.58. The monoisotopic (exact) mass is 394 g/mol. The first kappa shape index (κ1) is 19.7. The quantitative estimate of drug-likeness (QED) is 0.227. The minimum absolute atomic E-state index is 0.0453. The van der Waals surface area contributed by atoms with Crippen LogP contribution in [0.25, 0.3) is 0 Å². The minimum atomic E-state index is 0.0453. The number of aliphatic hydroxyl groups is 1. The van der Waals surface area contributed by atoms with Gasteiger partial charge in [0.25, 0.3) is 0 Å². The van der Waals surface area contributed by atoms with Crippen molar-refractivity contribution >= 4 is 47.7 Å². The van der Waals surface area contributed by atoms with E-state index in [9.17, 15) is 5.11 Å². The third-order valence-corrected chi connectivity index (χ3v) is 4.39. The number of thiol groups is 1. The Morgan fingerprint density at radius 3 is 2.79 bits per heavy atom. The molecule has 0 spiro atoms. The van der Waals surface area contributed by atoms with E-state index in [0.717, 1.165) is 16.3 Å². The summed E-state index contributed by atoms with van der Waals surface area (Å²) >= 11 is 4.35. The van der Waals surface area contributed by atoms with Gasteiger partial charge in [-0.2, -0.15) is 4.98 Å².